The van der Waals surface area contributed by atoms with Crippen LogP contribution in [0.15, 0.2) is 5.10 Å². The van der Waals surface area contributed by atoms with Crippen LogP contribution in [-0.4, -0.2) is 30.2 Å². The molecule has 3 amide bonds. The SMILES string of the molecule is C/C(C#N)=N\N(C)C(=O)NC=O. The molecule has 6 heteroatoms. The molecule has 0 aliphatic heterocycles. The quantitative estimate of drug-likeness (QED) is 0.348. The summed E-state index contributed by atoms with van der Waals surface area (Å²) < 4.78 is 0. The number of nitriles is 1. The van der Waals surface area contributed by atoms with Crippen LogP contribution in [-0.2, 0) is 4.79 Å². The Hall–Kier alpha value is -1.90. The van der Waals surface area contributed by atoms with E-state index < -0.39 is 6.03 Å². The van der Waals surface area contributed by atoms with Crippen LogP contribution in [0, 0.1) is 11.3 Å². The zero-order valence-electron chi connectivity index (χ0n) is 6.74. The summed E-state index contributed by atoms with van der Waals surface area (Å²) in [7, 11) is 1.33. The Bertz CT molecular complexity index is 253. The highest BCUT2D eigenvalue weighted by Gasteiger charge is 2.04. The fourth-order valence-corrected chi connectivity index (χ4v) is 0.437. The first kappa shape index (κ1) is 10.1. The Kier molecular flexibility index (Phi) is 4.08. The smallest absolute Gasteiger partial charge is 0.279 e. The normalized spacial score (nSPS) is 9.92. The molecule has 0 saturated carbocycles. The van der Waals surface area contributed by atoms with Crippen molar-refractivity contribution in [2.45, 2.75) is 6.92 Å². The van der Waals surface area contributed by atoms with Crippen molar-refractivity contribution < 1.29 is 9.59 Å². The fourth-order valence-electron chi connectivity index (χ4n) is 0.437. The van der Waals surface area contributed by atoms with Crippen LogP contribution in [0.3, 0.4) is 0 Å². The van der Waals surface area contributed by atoms with Crippen LogP contribution in [0.4, 0.5) is 4.79 Å². The van der Waals surface area contributed by atoms with Crippen molar-refractivity contribution in [3.05, 3.63) is 0 Å². The van der Waals surface area contributed by atoms with E-state index in [1.54, 1.807) is 6.07 Å². The van der Waals surface area contributed by atoms with Crippen LogP contribution >= 0.6 is 0 Å². The summed E-state index contributed by atoms with van der Waals surface area (Å²) in [5, 5.41) is 14.6. The Morgan fingerprint density at radius 1 is 1.75 bits per heavy atom. The number of urea groups is 1. The monoisotopic (exact) mass is 168 g/mol. The van der Waals surface area contributed by atoms with Crippen LogP contribution in [0.2, 0.25) is 0 Å². The van der Waals surface area contributed by atoms with Gasteiger partial charge in [0.15, 0.2) is 0 Å². The van der Waals surface area contributed by atoms with Crippen LogP contribution in [0.1, 0.15) is 6.92 Å². The molecule has 0 heterocycles. The third-order valence-electron chi connectivity index (χ3n) is 0.938. The van der Waals surface area contributed by atoms with Gasteiger partial charge in [0, 0.05) is 7.05 Å². The fraction of sp³-hybridized carbons (Fsp3) is 0.333. The minimum Gasteiger partial charge on any atom is -0.279 e. The van der Waals surface area contributed by atoms with Crippen molar-refractivity contribution in [1.29, 1.82) is 5.26 Å². The van der Waals surface area contributed by atoms with Crippen LogP contribution in [0.5, 0.6) is 0 Å². The number of nitrogens with zero attached hydrogens (tertiary/aromatic N) is 3. The van der Waals surface area contributed by atoms with Crippen LogP contribution in [0.25, 0.3) is 0 Å². The van der Waals surface area contributed by atoms with Gasteiger partial charge in [0.2, 0.25) is 6.41 Å². The molecule has 6 nitrogen and oxygen atoms in total. The molecule has 0 saturated heterocycles. The van der Waals surface area contributed by atoms with Gasteiger partial charge < -0.3 is 0 Å². The molecule has 0 fully saturated rings. The van der Waals surface area contributed by atoms with Gasteiger partial charge in [-0.2, -0.15) is 10.4 Å². The average molecular weight is 168 g/mol. The maximum Gasteiger partial charge on any atom is 0.343 e. The second kappa shape index (κ2) is 4.85. The molecule has 0 atom stereocenters. The first-order valence-corrected chi connectivity index (χ1v) is 3.05. The van der Waals surface area contributed by atoms with E-state index in [0.29, 0.717) is 0 Å². The molecule has 12 heavy (non-hydrogen) atoms. The van der Waals surface area contributed by atoms with Crippen molar-refractivity contribution in [3.63, 3.8) is 0 Å². The number of amides is 3. The second-order valence-electron chi connectivity index (χ2n) is 1.89. The van der Waals surface area contributed by atoms with Crippen molar-refractivity contribution in [2.75, 3.05) is 7.05 Å². The Balaban J connectivity index is 4.22. The van der Waals surface area contributed by atoms with Crippen molar-refractivity contribution >= 4 is 18.2 Å². The average Bonchev–Trinajstić information content (AvgIpc) is 2.04. The Labute approximate surface area is 69.5 Å². The zero-order chi connectivity index (χ0) is 9.56. The molecule has 1 N–H and O–H groups in total. The van der Waals surface area contributed by atoms with Gasteiger partial charge >= 0.3 is 6.03 Å². The number of hydrogen-bond donors (Lipinski definition) is 1. The first-order valence-electron chi connectivity index (χ1n) is 3.05. The summed E-state index contributed by atoms with van der Waals surface area (Å²) >= 11 is 0. The lowest BCUT2D eigenvalue weighted by Crippen LogP contribution is -2.33. The number of imide groups is 1. The van der Waals surface area contributed by atoms with Crippen molar-refractivity contribution in [1.82, 2.24) is 10.3 Å². The predicted molar refractivity (Wildman–Crippen MR) is 41.1 cm³/mol. The Morgan fingerprint density at radius 3 is 2.75 bits per heavy atom. The lowest BCUT2D eigenvalue weighted by molar-refractivity contribution is -0.108. The van der Waals surface area contributed by atoms with Gasteiger partial charge in [-0.3, -0.25) is 10.1 Å². The molecular weight excluding hydrogens is 160 g/mol. The molecule has 0 aliphatic carbocycles. The summed E-state index contributed by atoms with van der Waals surface area (Å²) in [5.74, 6) is 0. The summed E-state index contributed by atoms with van der Waals surface area (Å²) in [6.45, 7) is 1.45. The lowest BCUT2D eigenvalue weighted by Gasteiger charge is -2.08. The topological polar surface area (TPSA) is 85.6 Å². The number of carbonyl (C=O) groups is 2. The summed E-state index contributed by atoms with van der Waals surface area (Å²) in [4.78, 5) is 20.6. The standard InChI is InChI=1S/C6H8N4O2/c1-5(3-7)9-10(2)6(12)8-4-11/h4H,1-2H3,(H,8,11,12)/b9-5+. The van der Waals surface area contributed by atoms with Gasteiger partial charge in [-0.15, -0.1) is 0 Å². The highest BCUT2D eigenvalue weighted by Crippen LogP contribution is 1.85. The summed E-state index contributed by atoms with van der Waals surface area (Å²) in [6.07, 6.45) is 0.246. The van der Waals surface area contributed by atoms with Gasteiger partial charge in [-0.1, -0.05) is 0 Å². The van der Waals surface area contributed by atoms with E-state index in [9.17, 15) is 9.59 Å². The molecule has 0 aromatic rings. The molecule has 0 rings (SSSR count). The van der Waals surface area contributed by atoms with Crippen LogP contribution < -0.4 is 5.32 Å². The predicted octanol–water partition coefficient (Wildman–Crippen LogP) is -0.316. The van der Waals surface area contributed by atoms with E-state index in [1.807, 2.05) is 5.32 Å². The maximum atomic E-state index is 10.8. The molecular formula is C6H8N4O2. The zero-order valence-corrected chi connectivity index (χ0v) is 6.74. The molecule has 0 aromatic heterocycles. The molecule has 0 bridgehead atoms. The van der Waals surface area contributed by atoms with Crippen molar-refractivity contribution in [3.8, 4) is 6.07 Å². The third kappa shape index (κ3) is 3.31. The van der Waals surface area contributed by atoms with Gasteiger partial charge in [-0.05, 0) is 6.92 Å². The number of nitrogens with one attached hydrogen (secondary N) is 1. The first-order chi connectivity index (χ1) is 5.61. The molecule has 0 aliphatic rings. The lowest BCUT2D eigenvalue weighted by atomic mass is 10.5. The van der Waals surface area contributed by atoms with Gasteiger partial charge in [-0.25, -0.2) is 9.80 Å². The Morgan fingerprint density at radius 2 is 2.33 bits per heavy atom. The number of hydrogen-bond acceptors (Lipinski definition) is 4. The van der Waals surface area contributed by atoms with E-state index in [-0.39, 0.29) is 12.1 Å². The van der Waals surface area contributed by atoms with Gasteiger partial charge in [0.1, 0.15) is 11.8 Å². The molecule has 0 unspecified atom stereocenters. The number of hydrazone groups is 1. The molecule has 64 valence electrons. The highest BCUT2D eigenvalue weighted by molar-refractivity contribution is 5.97. The third-order valence-corrected chi connectivity index (χ3v) is 0.938. The minimum absolute atomic E-state index is 0.138. The van der Waals surface area contributed by atoms with E-state index >= 15 is 0 Å². The summed E-state index contributed by atoms with van der Waals surface area (Å²) in [5.41, 5.74) is 0.138. The van der Waals surface area contributed by atoms with E-state index in [1.165, 1.54) is 14.0 Å². The summed E-state index contributed by atoms with van der Waals surface area (Å²) in [6, 6.07) is 1.05. The largest absolute Gasteiger partial charge is 0.343 e. The number of rotatable bonds is 2. The number of carbonyl (C=O) groups excluding carboxylic acids is 2. The van der Waals surface area contributed by atoms with E-state index in [0.717, 1.165) is 5.01 Å². The maximum absolute atomic E-state index is 10.8. The molecule has 0 radical (unpaired) electrons. The van der Waals surface area contributed by atoms with Gasteiger partial charge in [0.25, 0.3) is 0 Å². The van der Waals surface area contributed by atoms with Crippen molar-refractivity contribution in [2.24, 2.45) is 5.10 Å². The minimum atomic E-state index is -0.681. The molecule has 0 aromatic carbocycles. The molecule has 0 spiro atoms. The van der Waals surface area contributed by atoms with E-state index in [2.05, 4.69) is 5.10 Å². The van der Waals surface area contributed by atoms with E-state index in [4.69, 9.17) is 5.26 Å². The van der Waals surface area contributed by atoms with Gasteiger partial charge in [0.05, 0.1) is 0 Å². The highest BCUT2D eigenvalue weighted by atomic mass is 16.2. The second-order valence-corrected chi connectivity index (χ2v) is 1.89.